The smallest absolute Gasteiger partial charge is 0.243 e. The number of phenols is 1. The average molecular weight is 386 g/mol. The van der Waals surface area contributed by atoms with Crippen molar-refractivity contribution < 1.29 is 9.90 Å². The van der Waals surface area contributed by atoms with Gasteiger partial charge in [-0.2, -0.15) is 5.10 Å². The maximum absolute atomic E-state index is 12.5. The molecule has 0 spiro atoms. The van der Waals surface area contributed by atoms with E-state index in [9.17, 15) is 9.90 Å². The lowest BCUT2D eigenvalue weighted by atomic mass is 9.86. The van der Waals surface area contributed by atoms with Crippen LogP contribution in [0.5, 0.6) is 5.75 Å². The van der Waals surface area contributed by atoms with E-state index in [2.05, 4.69) is 55.6 Å². The van der Waals surface area contributed by atoms with Gasteiger partial charge in [-0.25, -0.2) is 5.43 Å². The molecule has 2 atom stereocenters. The van der Waals surface area contributed by atoms with Gasteiger partial charge in [0.25, 0.3) is 0 Å². The number of phenolic OH excluding ortho intramolecular Hbond substituents is 1. The fourth-order valence-corrected chi connectivity index (χ4v) is 3.75. The molecule has 0 heterocycles. The number of carbonyl (C=O) groups excluding carboxylic acids is 1. The number of aromatic hydroxyl groups is 1. The first kappa shape index (κ1) is 19.2. The molecule has 1 saturated carbocycles. The van der Waals surface area contributed by atoms with E-state index in [0.29, 0.717) is 5.56 Å². The van der Waals surface area contributed by atoms with Crippen molar-refractivity contribution in [3.8, 4) is 5.75 Å². The van der Waals surface area contributed by atoms with E-state index in [4.69, 9.17) is 0 Å². The quantitative estimate of drug-likeness (QED) is 0.484. The van der Waals surface area contributed by atoms with Crippen molar-refractivity contribution in [2.75, 3.05) is 0 Å². The highest BCUT2D eigenvalue weighted by atomic mass is 16.3. The second-order valence-electron chi connectivity index (χ2n) is 8.77. The topological polar surface area (TPSA) is 61.7 Å². The molecule has 4 nitrogen and oxygen atoms in total. The van der Waals surface area contributed by atoms with Gasteiger partial charge in [0.15, 0.2) is 0 Å². The Morgan fingerprint density at radius 3 is 2.52 bits per heavy atom. The molecule has 2 N–H and O–H groups in total. The maximum Gasteiger partial charge on any atom is 0.243 e. The summed E-state index contributed by atoms with van der Waals surface area (Å²) >= 11 is 0. The van der Waals surface area contributed by atoms with Crippen molar-refractivity contribution in [2.24, 2.45) is 11.0 Å². The van der Waals surface area contributed by atoms with Crippen LogP contribution in [0.25, 0.3) is 10.8 Å². The van der Waals surface area contributed by atoms with E-state index in [1.807, 2.05) is 30.3 Å². The van der Waals surface area contributed by atoms with Crippen LogP contribution in [0.1, 0.15) is 49.8 Å². The van der Waals surface area contributed by atoms with Crippen molar-refractivity contribution >= 4 is 22.9 Å². The van der Waals surface area contributed by atoms with Gasteiger partial charge in [0, 0.05) is 11.5 Å². The SMILES string of the molecule is CC(C)(C)c1ccc([C@H]2C[C@@H]2C(=O)N/N=C/c2c(O)ccc3ccccc23)cc1. The first-order valence-corrected chi connectivity index (χ1v) is 9.98. The first-order valence-electron chi connectivity index (χ1n) is 9.98. The van der Waals surface area contributed by atoms with Crippen molar-refractivity contribution in [1.82, 2.24) is 5.43 Å². The molecule has 4 rings (SSSR count). The van der Waals surface area contributed by atoms with Crippen molar-refractivity contribution in [3.05, 3.63) is 77.4 Å². The molecule has 0 bridgehead atoms. The van der Waals surface area contributed by atoms with Crippen LogP contribution >= 0.6 is 0 Å². The van der Waals surface area contributed by atoms with E-state index < -0.39 is 0 Å². The average Bonchev–Trinajstić information content (AvgIpc) is 3.50. The van der Waals surface area contributed by atoms with E-state index in [-0.39, 0.29) is 28.9 Å². The van der Waals surface area contributed by atoms with Crippen LogP contribution in [-0.2, 0) is 10.2 Å². The van der Waals surface area contributed by atoms with E-state index in [1.54, 1.807) is 6.07 Å². The Bertz CT molecular complexity index is 1080. The Kier molecular flexibility index (Phi) is 4.87. The van der Waals surface area contributed by atoms with Crippen molar-refractivity contribution in [2.45, 2.75) is 38.5 Å². The number of benzene rings is 3. The monoisotopic (exact) mass is 386 g/mol. The highest BCUT2D eigenvalue weighted by molar-refractivity contribution is 6.02. The molecule has 1 fully saturated rings. The number of carbonyl (C=O) groups is 1. The molecule has 0 radical (unpaired) electrons. The van der Waals surface area contributed by atoms with E-state index in [0.717, 1.165) is 17.2 Å². The summed E-state index contributed by atoms with van der Waals surface area (Å²) in [5.41, 5.74) is 5.87. The molecule has 4 heteroatoms. The summed E-state index contributed by atoms with van der Waals surface area (Å²) in [7, 11) is 0. The molecule has 3 aromatic carbocycles. The Labute approximate surface area is 171 Å². The zero-order valence-corrected chi connectivity index (χ0v) is 17.0. The van der Waals surface area contributed by atoms with Gasteiger partial charge in [-0.15, -0.1) is 0 Å². The van der Waals surface area contributed by atoms with Crippen LogP contribution in [0.3, 0.4) is 0 Å². The standard InChI is InChI=1S/C25H26N2O2/c1-25(2,3)18-11-8-17(9-12-18)20-14-21(20)24(29)27-26-15-22-19-7-5-4-6-16(19)10-13-23(22)28/h4-13,15,20-21,28H,14H2,1-3H3,(H,27,29)/b26-15+/t20-,21+/m1/s1. The highest BCUT2D eigenvalue weighted by Gasteiger charge is 2.44. The number of fused-ring (bicyclic) bond motifs is 1. The van der Waals surface area contributed by atoms with E-state index >= 15 is 0 Å². The fourth-order valence-electron chi connectivity index (χ4n) is 3.75. The number of amides is 1. The summed E-state index contributed by atoms with van der Waals surface area (Å²) in [4.78, 5) is 12.5. The van der Waals surface area contributed by atoms with E-state index in [1.165, 1.54) is 17.3 Å². The van der Waals surface area contributed by atoms with Crippen molar-refractivity contribution in [3.63, 3.8) is 0 Å². The molecule has 1 aliphatic rings. The minimum atomic E-state index is -0.0779. The molecular weight excluding hydrogens is 360 g/mol. The van der Waals surface area contributed by atoms with Crippen LogP contribution in [0.2, 0.25) is 0 Å². The number of hydrazone groups is 1. The van der Waals surface area contributed by atoms with Gasteiger partial charge in [-0.3, -0.25) is 4.79 Å². The van der Waals surface area contributed by atoms with Gasteiger partial charge in [0.2, 0.25) is 5.91 Å². The van der Waals surface area contributed by atoms with Crippen LogP contribution in [0.4, 0.5) is 0 Å². The van der Waals surface area contributed by atoms with Crippen molar-refractivity contribution in [1.29, 1.82) is 0 Å². The summed E-state index contributed by atoms with van der Waals surface area (Å²) in [5, 5.41) is 16.2. The molecule has 0 aliphatic heterocycles. The molecule has 0 unspecified atom stereocenters. The van der Waals surface area contributed by atoms with Crippen LogP contribution in [0, 0.1) is 5.92 Å². The fraction of sp³-hybridized carbons (Fsp3) is 0.280. The van der Waals surface area contributed by atoms with Crippen LogP contribution in [0.15, 0.2) is 65.8 Å². The van der Waals surface area contributed by atoms with Crippen LogP contribution < -0.4 is 5.43 Å². The number of nitrogens with zero attached hydrogens (tertiary/aromatic N) is 1. The predicted octanol–water partition coefficient (Wildman–Crippen LogP) is 5.10. The molecule has 29 heavy (non-hydrogen) atoms. The highest BCUT2D eigenvalue weighted by Crippen LogP contribution is 2.47. The zero-order chi connectivity index (χ0) is 20.6. The van der Waals surface area contributed by atoms with Gasteiger partial charge < -0.3 is 5.11 Å². The zero-order valence-electron chi connectivity index (χ0n) is 17.0. The summed E-state index contributed by atoms with van der Waals surface area (Å²) < 4.78 is 0. The van der Waals surface area contributed by atoms with Crippen LogP contribution in [-0.4, -0.2) is 17.2 Å². The second-order valence-corrected chi connectivity index (χ2v) is 8.77. The largest absolute Gasteiger partial charge is 0.507 e. The molecule has 0 aromatic heterocycles. The molecular formula is C25H26N2O2. The maximum atomic E-state index is 12.5. The summed E-state index contributed by atoms with van der Waals surface area (Å²) in [6, 6.07) is 19.9. The molecule has 3 aromatic rings. The van der Waals surface area contributed by atoms with Gasteiger partial charge in [-0.05, 0) is 45.7 Å². The Morgan fingerprint density at radius 1 is 1.07 bits per heavy atom. The summed E-state index contributed by atoms with van der Waals surface area (Å²) in [6.45, 7) is 6.59. The lowest BCUT2D eigenvalue weighted by molar-refractivity contribution is -0.122. The van der Waals surface area contributed by atoms with Gasteiger partial charge in [0.05, 0.1) is 6.21 Å². The number of hydrogen-bond donors (Lipinski definition) is 2. The Morgan fingerprint density at radius 2 is 1.79 bits per heavy atom. The Balaban J connectivity index is 1.41. The summed E-state index contributed by atoms with van der Waals surface area (Å²) in [5.74, 6) is 0.273. The number of hydrogen-bond acceptors (Lipinski definition) is 3. The number of nitrogens with one attached hydrogen (secondary N) is 1. The molecule has 1 aliphatic carbocycles. The third kappa shape index (κ3) is 4.02. The predicted molar refractivity (Wildman–Crippen MR) is 117 cm³/mol. The summed E-state index contributed by atoms with van der Waals surface area (Å²) in [6.07, 6.45) is 2.36. The normalized spacial score (nSPS) is 18.9. The van der Waals surface area contributed by atoms with Gasteiger partial charge >= 0.3 is 0 Å². The number of rotatable bonds is 4. The van der Waals surface area contributed by atoms with Gasteiger partial charge in [0.1, 0.15) is 5.75 Å². The molecule has 0 saturated heterocycles. The van der Waals surface area contributed by atoms with Gasteiger partial charge in [-0.1, -0.05) is 75.4 Å². The minimum absolute atomic E-state index is 0.0475. The molecule has 148 valence electrons. The third-order valence-electron chi connectivity index (χ3n) is 5.65. The first-order chi connectivity index (χ1) is 13.8. The Hall–Kier alpha value is -3.14. The second kappa shape index (κ2) is 7.36. The minimum Gasteiger partial charge on any atom is -0.507 e. The molecule has 1 amide bonds. The lowest BCUT2D eigenvalue weighted by Gasteiger charge is -2.19. The third-order valence-corrected chi connectivity index (χ3v) is 5.65. The lowest BCUT2D eigenvalue weighted by Crippen LogP contribution is -2.20.